The van der Waals surface area contributed by atoms with Gasteiger partial charge in [-0.2, -0.15) is 0 Å². The third-order valence-corrected chi connectivity index (χ3v) is 2.95. The van der Waals surface area contributed by atoms with Crippen LogP contribution in [-0.4, -0.2) is 37.0 Å². The van der Waals surface area contributed by atoms with E-state index < -0.39 is 6.10 Å². The molecule has 5 nitrogen and oxygen atoms in total. The van der Waals surface area contributed by atoms with Gasteiger partial charge in [-0.1, -0.05) is 24.3 Å². The van der Waals surface area contributed by atoms with Crippen molar-refractivity contribution in [1.82, 2.24) is 0 Å². The van der Waals surface area contributed by atoms with Gasteiger partial charge in [-0.3, -0.25) is 9.59 Å². The zero-order valence-corrected chi connectivity index (χ0v) is 11.8. The predicted molar refractivity (Wildman–Crippen MR) is 80.7 cm³/mol. The molecule has 0 aromatic heterocycles. The summed E-state index contributed by atoms with van der Waals surface area (Å²) in [6.45, 7) is -0.0395. The number of para-hydroxylation sites is 2. The molecule has 0 aliphatic heterocycles. The van der Waals surface area contributed by atoms with E-state index in [2.05, 4.69) is 0 Å². The lowest BCUT2D eigenvalue weighted by Crippen LogP contribution is -2.25. The Bertz CT molecular complexity index is 583. The average Bonchev–Trinajstić information content (AvgIpc) is 2.58. The smallest absolute Gasteiger partial charge is 0.153 e. The largest absolute Gasteiger partial charge is 0.490 e. The van der Waals surface area contributed by atoms with Gasteiger partial charge in [-0.25, -0.2) is 0 Å². The van der Waals surface area contributed by atoms with Crippen LogP contribution in [0.3, 0.4) is 0 Å². The van der Waals surface area contributed by atoms with Crippen molar-refractivity contribution in [2.45, 2.75) is 6.10 Å². The average molecular weight is 300 g/mol. The molecule has 1 N–H and O–H groups in total. The van der Waals surface area contributed by atoms with Gasteiger partial charge >= 0.3 is 0 Å². The molecule has 0 atom stereocenters. The molecule has 0 radical (unpaired) electrons. The fourth-order valence-electron chi connectivity index (χ4n) is 1.84. The fraction of sp³-hybridized carbons (Fsp3) is 0.176. The molecule has 0 spiro atoms. The summed E-state index contributed by atoms with van der Waals surface area (Å²) < 4.78 is 10.8. The van der Waals surface area contributed by atoms with Crippen LogP contribution in [-0.2, 0) is 0 Å². The van der Waals surface area contributed by atoms with Gasteiger partial charge in [0.15, 0.2) is 12.6 Å². The lowest BCUT2D eigenvalue weighted by molar-refractivity contribution is 0.0618. The molecule has 2 aromatic carbocycles. The first-order valence-corrected chi connectivity index (χ1v) is 6.76. The van der Waals surface area contributed by atoms with Crippen LogP contribution in [0, 0.1) is 0 Å². The van der Waals surface area contributed by atoms with Gasteiger partial charge in [-0.15, -0.1) is 0 Å². The second-order valence-corrected chi connectivity index (χ2v) is 4.59. The number of benzene rings is 2. The summed E-state index contributed by atoms with van der Waals surface area (Å²) in [6, 6.07) is 13.5. The van der Waals surface area contributed by atoms with Gasteiger partial charge in [0.2, 0.25) is 0 Å². The zero-order chi connectivity index (χ0) is 15.8. The molecule has 0 fully saturated rings. The maximum Gasteiger partial charge on any atom is 0.153 e. The first-order chi connectivity index (χ1) is 10.7. The summed E-state index contributed by atoms with van der Waals surface area (Å²) in [6.07, 6.45) is 0.497. The summed E-state index contributed by atoms with van der Waals surface area (Å²) in [7, 11) is 0. The maximum absolute atomic E-state index is 10.9. The molecule has 5 heteroatoms. The van der Waals surface area contributed by atoms with Crippen molar-refractivity contribution in [2.24, 2.45) is 0 Å². The topological polar surface area (TPSA) is 72.8 Å². The minimum Gasteiger partial charge on any atom is -0.490 e. The number of carbonyl (C=O) groups is 2. The molecule has 0 aliphatic carbocycles. The maximum atomic E-state index is 10.9. The van der Waals surface area contributed by atoms with E-state index in [9.17, 15) is 14.7 Å². The van der Waals surface area contributed by atoms with Crippen LogP contribution in [0.2, 0.25) is 0 Å². The van der Waals surface area contributed by atoms with Crippen molar-refractivity contribution in [3.05, 3.63) is 59.7 Å². The highest BCUT2D eigenvalue weighted by Crippen LogP contribution is 2.17. The van der Waals surface area contributed by atoms with Gasteiger partial charge in [0.1, 0.15) is 30.8 Å². The van der Waals surface area contributed by atoms with E-state index >= 15 is 0 Å². The van der Waals surface area contributed by atoms with Crippen LogP contribution in [0.4, 0.5) is 0 Å². The van der Waals surface area contributed by atoms with Gasteiger partial charge in [0.05, 0.1) is 11.1 Å². The van der Waals surface area contributed by atoms with Gasteiger partial charge in [0, 0.05) is 0 Å². The van der Waals surface area contributed by atoms with Gasteiger partial charge in [0.25, 0.3) is 0 Å². The molecule has 114 valence electrons. The second kappa shape index (κ2) is 7.95. The Balaban J connectivity index is 1.87. The van der Waals surface area contributed by atoms with Crippen LogP contribution in [0.25, 0.3) is 0 Å². The monoisotopic (exact) mass is 300 g/mol. The first-order valence-electron chi connectivity index (χ1n) is 6.76. The van der Waals surface area contributed by atoms with Crippen molar-refractivity contribution in [3.63, 3.8) is 0 Å². The fourth-order valence-corrected chi connectivity index (χ4v) is 1.84. The molecule has 0 amide bonds. The van der Waals surface area contributed by atoms with Gasteiger partial charge in [-0.05, 0) is 24.3 Å². The lowest BCUT2D eigenvalue weighted by atomic mass is 10.2. The molecule has 0 bridgehead atoms. The Labute approximate surface area is 128 Å². The van der Waals surface area contributed by atoms with Crippen molar-refractivity contribution < 1.29 is 24.2 Å². The molecule has 0 saturated heterocycles. The number of aliphatic hydroxyl groups excluding tert-OH is 1. The number of ether oxygens (including phenoxy) is 2. The predicted octanol–water partition coefficient (Wildman–Crippen LogP) is 2.13. The third kappa shape index (κ3) is 4.17. The standard InChI is InChI=1S/C17H16O5/c18-9-13-5-1-3-7-16(13)21-11-15(20)12-22-17-8-4-2-6-14(17)10-19/h1-10,15,20H,11-12H2. The van der Waals surface area contributed by atoms with Crippen molar-refractivity contribution >= 4 is 12.6 Å². The number of aliphatic hydroxyl groups is 1. The van der Waals surface area contributed by atoms with Crippen LogP contribution in [0.15, 0.2) is 48.5 Å². The molecular weight excluding hydrogens is 284 g/mol. The number of hydrogen-bond acceptors (Lipinski definition) is 5. The van der Waals surface area contributed by atoms with E-state index in [1.807, 2.05) is 0 Å². The van der Waals surface area contributed by atoms with Crippen molar-refractivity contribution in [1.29, 1.82) is 0 Å². The van der Waals surface area contributed by atoms with Crippen LogP contribution < -0.4 is 9.47 Å². The van der Waals surface area contributed by atoms with E-state index in [1.165, 1.54) is 0 Å². The van der Waals surface area contributed by atoms with Crippen LogP contribution in [0.5, 0.6) is 11.5 Å². The first kappa shape index (κ1) is 15.7. The summed E-state index contributed by atoms with van der Waals surface area (Å²) >= 11 is 0. The Morgan fingerprint density at radius 1 is 0.818 bits per heavy atom. The van der Waals surface area contributed by atoms with Crippen LogP contribution in [0.1, 0.15) is 20.7 Å². The minimum absolute atomic E-state index is 0.0197. The van der Waals surface area contributed by atoms with E-state index in [1.54, 1.807) is 48.5 Å². The molecular formula is C17H16O5. The highest BCUT2D eigenvalue weighted by Gasteiger charge is 2.10. The second-order valence-electron chi connectivity index (χ2n) is 4.59. The number of hydrogen-bond donors (Lipinski definition) is 1. The molecule has 0 heterocycles. The minimum atomic E-state index is -0.889. The number of aldehydes is 2. The lowest BCUT2D eigenvalue weighted by Gasteiger charge is -2.15. The summed E-state index contributed by atoms with van der Waals surface area (Å²) in [4.78, 5) is 21.7. The van der Waals surface area contributed by atoms with E-state index in [4.69, 9.17) is 9.47 Å². The highest BCUT2D eigenvalue weighted by molar-refractivity contribution is 5.79. The third-order valence-electron chi connectivity index (χ3n) is 2.95. The van der Waals surface area contributed by atoms with E-state index in [-0.39, 0.29) is 13.2 Å². The Morgan fingerprint density at radius 3 is 1.64 bits per heavy atom. The summed E-state index contributed by atoms with van der Waals surface area (Å²) in [5.74, 6) is 0.815. The Kier molecular flexibility index (Phi) is 5.68. The molecule has 2 rings (SSSR count). The van der Waals surface area contributed by atoms with Crippen molar-refractivity contribution in [2.75, 3.05) is 13.2 Å². The molecule has 0 saturated carbocycles. The quantitative estimate of drug-likeness (QED) is 0.756. The normalized spacial score (nSPS) is 10.3. The van der Waals surface area contributed by atoms with Crippen molar-refractivity contribution in [3.8, 4) is 11.5 Å². The van der Waals surface area contributed by atoms with E-state index in [0.29, 0.717) is 35.2 Å². The summed E-state index contributed by atoms with van der Waals surface area (Å²) in [5.41, 5.74) is 0.837. The van der Waals surface area contributed by atoms with Gasteiger partial charge < -0.3 is 14.6 Å². The Hall–Kier alpha value is -2.66. The SMILES string of the molecule is O=Cc1ccccc1OCC(O)COc1ccccc1C=O. The molecule has 0 aliphatic rings. The summed E-state index contributed by atoms with van der Waals surface area (Å²) in [5, 5.41) is 9.87. The molecule has 2 aromatic rings. The molecule has 22 heavy (non-hydrogen) atoms. The number of carbonyl (C=O) groups excluding carboxylic acids is 2. The highest BCUT2D eigenvalue weighted by atomic mass is 16.5. The number of rotatable bonds is 8. The zero-order valence-electron chi connectivity index (χ0n) is 11.8. The Morgan fingerprint density at radius 2 is 1.23 bits per heavy atom. The van der Waals surface area contributed by atoms with Crippen LogP contribution >= 0.6 is 0 Å². The molecule has 0 unspecified atom stereocenters. The van der Waals surface area contributed by atoms with E-state index in [0.717, 1.165) is 0 Å².